The largest absolute Gasteiger partial charge is 0.327 e. The van der Waals surface area contributed by atoms with Crippen molar-refractivity contribution in [3.63, 3.8) is 0 Å². The summed E-state index contributed by atoms with van der Waals surface area (Å²) in [4.78, 5) is 31.3. The summed E-state index contributed by atoms with van der Waals surface area (Å²) < 4.78 is 26.8. The van der Waals surface area contributed by atoms with Crippen molar-refractivity contribution >= 4 is 60.1 Å². The summed E-state index contributed by atoms with van der Waals surface area (Å²) >= 11 is 7.12. The zero-order valence-electron chi connectivity index (χ0n) is 18.7. The highest BCUT2D eigenvalue weighted by atomic mass is 35.5. The molecule has 0 spiro atoms. The van der Waals surface area contributed by atoms with Crippen molar-refractivity contribution in [2.75, 3.05) is 17.6 Å². The molecular formula is C23H25ClN4O4S2. The van der Waals surface area contributed by atoms with Gasteiger partial charge in [-0.3, -0.25) is 20.3 Å². The highest BCUT2D eigenvalue weighted by Crippen LogP contribution is 2.30. The number of halogens is 1. The monoisotopic (exact) mass is 520 g/mol. The van der Waals surface area contributed by atoms with Crippen LogP contribution in [0.1, 0.15) is 37.0 Å². The molecular weight excluding hydrogens is 496 g/mol. The molecule has 0 radical (unpaired) electrons. The van der Waals surface area contributed by atoms with Gasteiger partial charge in [0.2, 0.25) is 0 Å². The maximum Gasteiger partial charge on any atom is 0.327 e. The van der Waals surface area contributed by atoms with Gasteiger partial charge >= 0.3 is 6.03 Å². The lowest BCUT2D eigenvalue weighted by Gasteiger charge is -2.28. The maximum absolute atomic E-state index is 13.1. The molecule has 0 aliphatic carbocycles. The van der Waals surface area contributed by atoms with E-state index in [1.54, 1.807) is 36.4 Å². The molecule has 3 aromatic rings. The van der Waals surface area contributed by atoms with Crippen molar-refractivity contribution in [1.29, 1.82) is 0 Å². The van der Waals surface area contributed by atoms with E-state index in [4.69, 9.17) is 11.6 Å². The Hall–Kier alpha value is -2.53. The summed E-state index contributed by atoms with van der Waals surface area (Å²) in [6, 6.07) is 10.7. The Morgan fingerprint density at radius 3 is 2.74 bits per heavy atom. The first-order chi connectivity index (χ1) is 16.1. The van der Waals surface area contributed by atoms with E-state index < -0.39 is 21.8 Å². The van der Waals surface area contributed by atoms with Crippen LogP contribution in [0, 0.1) is 0 Å². The Labute approximate surface area is 207 Å². The minimum atomic E-state index is -3.49. The molecule has 2 N–H and O–H groups in total. The van der Waals surface area contributed by atoms with E-state index in [9.17, 15) is 18.0 Å². The number of fused-ring (bicyclic) bond motifs is 1. The van der Waals surface area contributed by atoms with E-state index in [-0.39, 0.29) is 32.4 Å². The molecule has 11 heteroatoms. The average Bonchev–Trinajstić information content (AvgIpc) is 3.39. The second kappa shape index (κ2) is 9.99. The van der Waals surface area contributed by atoms with Gasteiger partial charge in [-0.25, -0.2) is 18.2 Å². The van der Waals surface area contributed by atoms with Crippen LogP contribution in [0.4, 0.5) is 9.93 Å². The number of hydrogen-bond donors (Lipinski definition) is 2. The lowest BCUT2D eigenvalue weighted by molar-refractivity contribution is 0.0967. The highest BCUT2D eigenvalue weighted by Gasteiger charge is 2.31. The number of urea groups is 1. The van der Waals surface area contributed by atoms with Crippen LogP contribution in [0.15, 0.2) is 47.4 Å². The summed E-state index contributed by atoms with van der Waals surface area (Å²) in [7, 11) is -3.49. The lowest BCUT2D eigenvalue weighted by Crippen LogP contribution is -2.39. The molecule has 2 aromatic carbocycles. The molecule has 1 aliphatic rings. The standard InChI is InChI=1S/C23H25ClN4O4S2/c1-14(2)28-11-5-6-15(28)13-34(31,32)16-9-10-19-20(12-16)33-23(25-19)27-22(30)26-21(29)17-7-3-4-8-18(17)24/h3-4,7-10,12,14-15H,5-6,11,13H2,1-2H3,(H2,25,26,27,29,30)/t15-/m1/s1. The fraction of sp³-hybridized carbons (Fsp3) is 0.348. The maximum atomic E-state index is 13.1. The molecule has 1 aliphatic heterocycles. The van der Waals surface area contributed by atoms with Crippen molar-refractivity contribution in [3.05, 3.63) is 53.1 Å². The predicted octanol–water partition coefficient (Wildman–Crippen LogP) is 4.56. The van der Waals surface area contributed by atoms with Gasteiger partial charge in [0.1, 0.15) is 0 Å². The van der Waals surface area contributed by atoms with Gasteiger partial charge in [-0.05, 0) is 63.6 Å². The second-order valence-electron chi connectivity index (χ2n) is 8.45. The predicted molar refractivity (Wildman–Crippen MR) is 134 cm³/mol. The second-order valence-corrected chi connectivity index (χ2v) is 11.9. The molecule has 3 amide bonds. The molecule has 4 rings (SSSR count). The number of thiazole rings is 1. The number of likely N-dealkylation sites (tertiary alicyclic amines) is 1. The zero-order valence-corrected chi connectivity index (χ0v) is 21.1. The molecule has 34 heavy (non-hydrogen) atoms. The number of carbonyl (C=O) groups is 2. The quantitative estimate of drug-likeness (QED) is 0.493. The molecule has 0 bridgehead atoms. The van der Waals surface area contributed by atoms with Crippen LogP contribution < -0.4 is 10.6 Å². The fourth-order valence-electron chi connectivity index (χ4n) is 4.16. The SMILES string of the molecule is CC(C)N1CCC[C@@H]1CS(=O)(=O)c1ccc2nc(NC(=O)NC(=O)c3ccccc3Cl)sc2c1. The third kappa shape index (κ3) is 5.41. The third-order valence-electron chi connectivity index (χ3n) is 5.78. The van der Waals surface area contributed by atoms with E-state index in [0.29, 0.717) is 16.3 Å². The number of amides is 3. The van der Waals surface area contributed by atoms with Crippen molar-refractivity contribution < 1.29 is 18.0 Å². The average molecular weight is 521 g/mol. The first-order valence-electron chi connectivity index (χ1n) is 10.9. The van der Waals surface area contributed by atoms with Crippen molar-refractivity contribution in [1.82, 2.24) is 15.2 Å². The number of rotatable bonds is 6. The molecule has 0 unspecified atom stereocenters. The van der Waals surface area contributed by atoms with E-state index in [1.807, 2.05) is 0 Å². The highest BCUT2D eigenvalue weighted by molar-refractivity contribution is 7.91. The number of benzene rings is 2. The first-order valence-corrected chi connectivity index (χ1v) is 13.7. The minimum Gasteiger partial charge on any atom is -0.297 e. The molecule has 1 fully saturated rings. The number of carbonyl (C=O) groups excluding carboxylic acids is 2. The number of hydrogen-bond acceptors (Lipinski definition) is 7. The van der Waals surface area contributed by atoms with Gasteiger partial charge in [-0.1, -0.05) is 35.1 Å². The number of anilines is 1. The number of nitrogens with zero attached hydrogens (tertiary/aromatic N) is 2. The summed E-state index contributed by atoms with van der Waals surface area (Å²) in [5, 5.41) is 5.21. The van der Waals surface area contributed by atoms with Crippen LogP contribution in [0.3, 0.4) is 0 Å². The first kappa shape index (κ1) is 24.6. The fourth-order valence-corrected chi connectivity index (χ4v) is 6.99. The number of nitrogens with one attached hydrogen (secondary N) is 2. The molecule has 1 atom stereocenters. The topological polar surface area (TPSA) is 108 Å². The molecule has 1 saturated heterocycles. The molecule has 2 heterocycles. The zero-order chi connectivity index (χ0) is 24.5. The van der Waals surface area contributed by atoms with Crippen molar-refractivity contribution in [2.45, 2.75) is 43.7 Å². The molecule has 1 aromatic heterocycles. The van der Waals surface area contributed by atoms with E-state index in [2.05, 4.69) is 34.4 Å². The van der Waals surface area contributed by atoms with Gasteiger partial charge in [0, 0.05) is 12.1 Å². The van der Waals surface area contributed by atoms with Crippen LogP contribution in [0.2, 0.25) is 5.02 Å². The number of imide groups is 1. The Morgan fingerprint density at radius 2 is 2.00 bits per heavy atom. The van der Waals surface area contributed by atoms with Gasteiger partial charge < -0.3 is 0 Å². The van der Waals surface area contributed by atoms with Crippen LogP contribution in [-0.2, 0) is 9.84 Å². The lowest BCUT2D eigenvalue weighted by atomic mass is 10.2. The summed E-state index contributed by atoms with van der Waals surface area (Å²) in [5.41, 5.74) is 0.734. The van der Waals surface area contributed by atoms with Gasteiger partial charge in [0.15, 0.2) is 15.0 Å². The van der Waals surface area contributed by atoms with Crippen LogP contribution in [0.5, 0.6) is 0 Å². The van der Waals surface area contributed by atoms with Gasteiger partial charge in [-0.15, -0.1) is 0 Å². The Morgan fingerprint density at radius 1 is 1.24 bits per heavy atom. The number of sulfone groups is 1. The smallest absolute Gasteiger partial charge is 0.297 e. The van der Waals surface area contributed by atoms with Crippen LogP contribution in [0.25, 0.3) is 10.2 Å². The Bertz CT molecular complexity index is 1340. The molecule has 0 saturated carbocycles. The van der Waals surface area contributed by atoms with Crippen molar-refractivity contribution in [2.24, 2.45) is 0 Å². The summed E-state index contributed by atoms with van der Waals surface area (Å²) in [6.07, 6.45) is 1.87. The van der Waals surface area contributed by atoms with Crippen molar-refractivity contribution in [3.8, 4) is 0 Å². The Kier molecular flexibility index (Phi) is 7.22. The van der Waals surface area contributed by atoms with E-state index in [1.165, 1.54) is 6.07 Å². The van der Waals surface area contributed by atoms with E-state index >= 15 is 0 Å². The number of aromatic nitrogens is 1. The normalized spacial score (nSPS) is 16.8. The Balaban J connectivity index is 1.46. The van der Waals surface area contributed by atoms with Gasteiger partial charge in [0.05, 0.1) is 31.5 Å². The van der Waals surface area contributed by atoms with Gasteiger partial charge in [0.25, 0.3) is 5.91 Å². The summed E-state index contributed by atoms with van der Waals surface area (Å²) in [6.45, 7) is 5.09. The van der Waals surface area contributed by atoms with Gasteiger partial charge in [-0.2, -0.15) is 0 Å². The minimum absolute atomic E-state index is 0.0127. The van der Waals surface area contributed by atoms with Crippen LogP contribution in [-0.4, -0.2) is 54.6 Å². The molecule has 8 nitrogen and oxygen atoms in total. The van der Waals surface area contributed by atoms with Crippen LogP contribution >= 0.6 is 22.9 Å². The van der Waals surface area contributed by atoms with E-state index in [0.717, 1.165) is 30.7 Å². The third-order valence-corrected chi connectivity index (χ3v) is 8.84. The summed E-state index contributed by atoms with van der Waals surface area (Å²) in [5.74, 6) is -0.562. The molecule has 180 valence electrons.